The first-order valence-corrected chi connectivity index (χ1v) is 10.1. The number of hydrogen-bond acceptors (Lipinski definition) is 5. The van der Waals surface area contributed by atoms with Crippen molar-refractivity contribution in [1.29, 1.82) is 0 Å². The van der Waals surface area contributed by atoms with Gasteiger partial charge in [0.1, 0.15) is 5.75 Å². The number of phenols is 1. The molecular weight excluding hydrogens is 448 g/mol. The van der Waals surface area contributed by atoms with Gasteiger partial charge < -0.3 is 14.6 Å². The molecule has 2 aromatic carbocycles. The Bertz CT molecular complexity index is 1120. The molecule has 1 heterocycles. The summed E-state index contributed by atoms with van der Waals surface area (Å²) in [6.45, 7) is 4.51. The zero-order valence-electron chi connectivity index (χ0n) is 17.3. The maximum atomic E-state index is 12.5. The molecule has 0 amide bonds. The molecule has 0 saturated heterocycles. The molecule has 0 spiro atoms. The number of hydrogen-bond donors (Lipinski definition) is 1. The van der Waals surface area contributed by atoms with E-state index in [9.17, 15) is 9.90 Å². The summed E-state index contributed by atoms with van der Waals surface area (Å²) in [5.74, 6) is 0.823. The Morgan fingerprint density at radius 1 is 1.13 bits per heavy atom. The average Bonchev–Trinajstić information content (AvgIpc) is 2.99. The standard InChI is InChI=1S/C23H23BrN2O4/c1-14-23(24)15(2)26(25-14)13-18-11-16(6-10-21(18)29-3)5-8-19(27)17-7-9-20(28)22(12-17)30-4/h5-12,28H,13H2,1-4H3/b8-5+. The Balaban J connectivity index is 1.85. The maximum absolute atomic E-state index is 12.5. The van der Waals surface area contributed by atoms with Crippen molar-refractivity contribution < 1.29 is 19.4 Å². The van der Waals surface area contributed by atoms with Crippen molar-refractivity contribution in [2.75, 3.05) is 14.2 Å². The van der Waals surface area contributed by atoms with E-state index >= 15 is 0 Å². The summed E-state index contributed by atoms with van der Waals surface area (Å²) in [5.41, 5.74) is 4.22. The van der Waals surface area contributed by atoms with E-state index in [0.717, 1.165) is 32.7 Å². The lowest BCUT2D eigenvalue weighted by atomic mass is 10.1. The molecule has 0 aliphatic heterocycles. The number of aryl methyl sites for hydroxylation is 1. The van der Waals surface area contributed by atoms with Crippen LogP contribution < -0.4 is 9.47 Å². The summed E-state index contributed by atoms with van der Waals surface area (Å²) < 4.78 is 13.5. The molecule has 7 heteroatoms. The zero-order chi connectivity index (χ0) is 21.8. The van der Waals surface area contributed by atoms with Gasteiger partial charge in [0, 0.05) is 11.1 Å². The first kappa shape index (κ1) is 21.6. The van der Waals surface area contributed by atoms with Crippen molar-refractivity contribution in [2.24, 2.45) is 0 Å². The highest BCUT2D eigenvalue weighted by Gasteiger charge is 2.12. The number of halogens is 1. The minimum atomic E-state index is -0.187. The second-order valence-electron chi connectivity index (χ2n) is 6.80. The quantitative estimate of drug-likeness (QED) is 0.391. The number of phenolic OH excluding ortho intramolecular Hbond substituents is 1. The zero-order valence-corrected chi connectivity index (χ0v) is 18.9. The lowest BCUT2D eigenvalue weighted by Crippen LogP contribution is -2.06. The Labute approximate surface area is 183 Å². The van der Waals surface area contributed by atoms with Crippen LogP contribution in [0, 0.1) is 13.8 Å². The first-order chi connectivity index (χ1) is 14.3. The monoisotopic (exact) mass is 470 g/mol. The number of rotatable bonds is 7. The highest BCUT2D eigenvalue weighted by atomic mass is 79.9. The highest BCUT2D eigenvalue weighted by molar-refractivity contribution is 9.10. The fraction of sp³-hybridized carbons (Fsp3) is 0.217. The van der Waals surface area contributed by atoms with E-state index in [4.69, 9.17) is 9.47 Å². The lowest BCUT2D eigenvalue weighted by molar-refractivity contribution is 0.104. The Morgan fingerprint density at radius 2 is 1.87 bits per heavy atom. The lowest BCUT2D eigenvalue weighted by Gasteiger charge is -2.11. The van der Waals surface area contributed by atoms with Crippen LogP contribution in [0.5, 0.6) is 17.2 Å². The fourth-order valence-corrected chi connectivity index (χ4v) is 3.40. The second-order valence-corrected chi connectivity index (χ2v) is 7.59. The summed E-state index contributed by atoms with van der Waals surface area (Å²) in [5, 5.41) is 14.2. The number of allylic oxidation sites excluding steroid dienone is 1. The normalized spacial score (nSPS) is 11.1. The van der Waals surface area contributed by atoms with Crippen molar-refractivity contribution in [1.82, 2.24) is 9.78 Å². The minimum absolute atomic E-state index is 0.00591. The van der Waals surface area contributed by atoms with Crippen LogP contribution >= 0.6 is 15.9 Å². The molecule has 0 bridgehead atoms. The van der Waals surface area contributed by atoms with Crippen LogP contribution in [0.3, 0.4) is 0 Å². The van der Waals surface area contributed by atoms with Crippen molar-refractivity contribution >= 4 is 27.8 Å². The van der Waals surface area contributed by atoms with Crippen molar-refractivity contribution in [3.05, 3.63) is 75.0 Å². The molecule has 1 aromatic heterocycles. The molecule has 0 saturated carbocycles. The molecule has 30 heavy (non-hydrogen) atoms. The number of benzene rings is 2. The number of carbonyl (C=O) groups is 1. The SMILES string of the molecule is COc1cc(C(=O)/C=C/c2ccc(OC)c(Cn3nc(C)c(Br)c3C)c2)ccc1O. The first-order valence-electron chi connectivity index (χ1n) is 9.30. The molecule has 0 aliphatic carbocycles. The third kappa shape index (κ3) is 4.57. The summed E-state index contributed by atoms with van der Waals surface area (Å²) in [7, 11) is 3.08. The van der Waals surface area contributed by atoms with E-state index in [-0.39, 0.29) is 17.3 Å². The van der Waals surface area contributed by atoms with Crippen LogP contribution in [0.4, 0.5) is 0 Å². The number of methoxy groups -OCH3 is 2. The molecule has 156 valence electrons. The molecule has 3 aromatic rings. The predicted molar refractivity (Wildman–Crippen MR) is 120 cm³/mol. The predicted octanol–water partition coefficient (Wildman–Crippen LogP) is 4.93. The van der Waals surface area contributed by atoms with Gasteiger partial charge in [0.25, 0.3) is 0 Å². The summed E-state index contributed by atoms with van der Waals surface area (Å²) >= 11 is 3.55. The maximum Gasteiger partial charge on any atom is 0.185 e. The molecule has 6 nitrogen and oxygen atoms in total. The van der Waals surface area contributed by atoms with Gasteiger partial charge in [-0.05, 0) is 71.7 Å². The van der Waals surface area contributed by atoms with Crippen LogP contribution in [0.1, 0.15) is 32.9 Å². The Hall–Kier alpha value is -3.06. The number of nitrogens with zero attached hydrogens (tertiary/aromatic N) is 2. The number of carbonyl (C=O) groups excluding carboxylic acids is 1. The van der Waals surface area contributed by atoms with E-state index in [1.165, 1.54) is 25.3 Å². The van der Waals surface area contributed by atoms with Crippen LogP contribution in [0.2, 0.25) is 0 Å². The van der Waals surface area contributed by atoms with Crippen LogP contribution in [0.15, 0.2) is 46.9 Å². The molecule has 0 radical (unpaired) electrons. The van der Waals surface area contributed by atoms with Crippen LogP contribution in [0.25, 0.3) is 6.08 Å². The van der Waals surface area contributed by atoms with Crippen molar-refractivity contribution in [2.45, 2.75) is 20.4 Å². The van der Waals surface area contributed by atoms with Crippen molar-refractivity contribution in [3.63, 3.8) is 0 Å². The summed E-state index contributed by atoms with van der Waals surface area (Å²) in [6, 6.07) is 10.3. The number of ketones is 1. The smallest absolute Gasteiger partial charge is 0.185 e. The second kappa shape index (κ2) is 9.17. The van der Waals surface area contributed by atoms with Gasteiger partial charge in [-0.1, -0.05) is 12.1 Å². The van der Waals surface area contributed by atoms with Crippen molar-refractivity contribution in [3.8, 4) is 17.2 Å². The van der Waals surface area contributed by atoms with Gasteiger partial charge >= 0.3 is 0 Å². The minimum Gasteiger partial charge on any atom is -0.504 e. The highest BCUT2D eigenvalue weighted by Crippen LogP contribution is 2.27. The Kier molecular flexibility index (Phi) is 6.62. The summed E-state index contributed by atoms with van der Waals surface area (Å²) in [6.07, 6.45) is 3.25. The largest absolute Gasteiger partial charge is 0.504 e. The van der Waals surface area contributed by atoms with E-state index in [0.29, 0.717) is 12.1 Å². The molecular formula is C23H23BrN2O4. The third-order valence-electron chi connectivity index (χ3n) is 4.81. The van der Waals surface area contributed by atoms with E-state index in [1.807, 2.05) is 36.7 Å². The van der Waals surface area contributed by atoms with Gasteiger partial charge in [0.05, 0.1) is 36.6 Å². The number of aromatic nitrogens is 2. The van der Waals surface area contributed by atoms with Crippen LogP contribution in [-0.2, 0) is 6.54 Å². The Morgan fingerprint density at radius 3 is 2.50 bits per heavy atom. The number of aromatic hydroxyl groups is 1. The van der Waals surface area contributed by atoms with Gasteiger partial charge in [0.15, 0.2) is 17.3 Å². The molecule has 0 unspecified atom stereocenters. The molecule has 3 rings (SSSR count). The van der Waals surface area contributed by atoms with E-state index in [2.05, 4.69) is 21.0 Å². The van der Waals surface area contributed by atoms with Gasteiger partial charge in [-0.25, -0.2) is 0 Å². The molecule has 0 aliphatic rings. The van der Waals surface area contributed by atoms with Gasteiger partial charge in [0.2, 0.25) is 0 Å². The fourth-order valence-electron chi connectivity index (χ4n) is 3.12. The van der Waals surface area contributed by atoms with Crippen LogP contribution in [-0.4, -0.2) is 34.9 Å². The molecule has 1 N–H and O–H groups in total. The number of ether oxygens (including phenoxy) is 2. The summed E-state index contributed by atoms with van der Waals surface area (Å²) in [4.78, 5) is 12.5. The van der Waals surface area contributed by atoms with Gasteiger partial charge in [-0.3, -0.25) is 9.48 Å². The topological polar surface area (TPSA) is 73.6 Å². The van der Waals surface area contributed by atoms with E-state index < -0.39 is 0 Å². The van der Waals surface area contributed by atoms with E-state index in [1.54, 1.807) is 19.3 Å². The third-order valence-corrected chi connectivity index (χ3v) is 5.96. The molecule has 0 fully saturated rings. The average molecular weight is 471 g/mol. The molecule has 0 atom stereocenters. The van der Waals surface area contributed by atoms with Gasteiger partial charge in [-0.15, -0.1) is 0 Å². The van der Waals surface area contributed by atoms with Gasteiger partial charge in [-0.2, -0.15) is 5.10 Å².